The quantitative estimate of drug-likeness (QED) is 0.912. The molecule has 1 atom stereocenters. The highest BCUT2D eigenvalue weighted by atomic mass is 79.9. The highest BCUT2D eigenvalue weighted by Gasteiger charge is 2.42. The molecule has 1 fully saturated rings. The summed E-state index contributed by atoms with van der Waals surface area (Å²) in [4.78, 5) is 13.3. The van der Waals surface area contributed by atoms with Crippen LogP contribution in [0.4, 0.5) is 5.69 Å². The molecule has 0 amide bonds. The van der Waals surface area contributed by atoms with E-state index in [0.29, 0.717) is 13.0 Å². The second-order valence-electron chi connectivity index (χ2n) is 5.11. The first kappa shape index (κ1) is 12.4. The van der Waals surface area contributed by atoms with Gasteiger partial charge in [0.2, 0.25) is 0 Å². The fourth-order valence-corrected chi connectivity index (χ4v) is 3.00. The number of nitrogens with zero attached hydrogens (tertiary/aromatic N) is 1. The van der Waals surface area contributed by atoms with Gasteiger partial charge in [0.05, 0.1) is 11.6 Å². The zero-order valence-corrected chi connectivity index (χ0v) is 11.6. The number of hydrogen-bond donors (Lipinski definition) is 1. The summed E-state index contributed by atoms with van der Waals surface area (Å²) in [5.41, 5.74) is 0.952. The van der Waals surface area contributed by atoms with Crippen LogP contribution >= 0.6 is 15.9 Å². The van der Waals surface area contributed by atoms with Gasteiger partial charge >= 0.3 is 5.97 Å². The van der Waals surface area contributed by atoms with Gasteiger partial charge in [0.1, 0.15) is 0 Å². The van der Waals surface area contributed by atoms with Crippen molar-refractivity contribution < 1.29 is 9.90 Å². The molecule has 0 saturated carbocycles. The number of carboxylic acids is 1. The van der Waals surface area contributed by atoms with E-state index in [0.717, 1.165) is 10.2 Å². The van der Waals surface area contributed by atoms with E-state index in [1.807, 2.05) is 24.3 Å². The molecule has 0 radical (unpaired) electrons. The van der Waals surface area contributed by atoms with Gasteiger partial charge in [0, 0.05) is 16.6 Å². The molecule has 1 N–H and O–H groups in total. The van der Waals surface area contributed by atoms with Crippen LogP contribution in [-0.2, 0) is 4.79 Å². The molecule has 17 heavy (non-hydrogen) atoms. The van der Waals surface area contributed by atoms with Crippen molar-refractivity contribution in [2.24, 2.45) is 5.92 Å². The fraction of sp³-hybridized carbons (Fsp3) is 0.462. The Bertz CT molecular complexity index is 445. The van der Waals surface area contributed by atoms with E-state index >= 15 is 0 Å². The van der Waals surface area contributed by atoms with E-state index in [9.17, 15) is 4.79 Å². The lowest BCUT2D eigenvalue weighted by Gasteiger charge is -2.34. The van der Waals surface area contributed by atoms with Crippen LogP contribution in [0.3, 0.4) is 0 Å². The minimum Gasteiger partial charge on any atom is -0.481 e. The Balaban J connectivity index is 2.33. The van der Waals surface area contributed by atoms with Crippen LogP contribution in [0, 0.1) is 5.92 Å². The monoisotopic (exact) mass is 297 g/mol. The molecular weight excluding hydrogens is 282 g/mol. The number of hydrogen-bond acceptors (Lipinski definition) is 2. The third kappa shape index (κ3) is 2.32. The molecule has 1 aromatic rings. The van der Waals surface area contributed by atoms with Crippen LogP contribution < -0.4 is 4.90 Å². The van der Waals surface area contributed by atoms with Crippen LogP contribution in [0.5, 0.6) is 0 Å². The maximum atomic E-state index is 11.1. The number of halogens is 1. The topological polar surface area (TPSA) is 40.5 Å². The molecule has 1 aromatic carbocycles. The number of aliphatic carboxylic acids is 1. The molecule has 0 aliphatic carbocycles. The van der Waals surface area contributed by atoms with Gasteiger partial charge in [-0.15, -0.1) is 0 Å². The molecule has 2 rings (SSSR count). The number of carboxylic acid groups (broad SMARTS) is 1. The SMILES string of the molecule is CC1(C)CC(C(=O)O)CN1c1ccccc1Br. The number of anilines is 1. The zero-order valence-electron chi connectivity index (χ0n) is 9.98. The van der Waals surface area contributed by atoms with Gasteiger partial charge in [0.25, 0.3) is 0 Å². The zero-order chi connectivity index (χ0) is 12.6. The van der Waals surface area contributed by atoms with E-state index in [4.69, 9.17) is 5.11 Å². The summed E-state index contributed by atoms with van der Waals surface area (Å²) >= 11 is 3.53. The van der Waals surface area contributed by atoms with Crippen molar-refractivity contribution >= 4 is 27.6 Å². The maximum absolute atomic E-state index is 11.1. The van der Waals surface area contributed by atoms with E-state index in [2.05, 4.69) is 34.7 Å². The van der Waals surface area contributed by atoms with Gasteiger partial charge in [-0.3, -0.25) is 4.79 Å². The first-order valence-electron chi connectivity index (χ1n) is 5.67. The molecule has 3 nitrogen and oxygen atoms in total. The largest absolute Gasteiger partial charge is 0.481 e. The van der Waals surface area contributed by atoms with E-state index in [-0.39, 0.29) is 11.5 Å². The van der Waals surface area contributed by atoms with Crippen LogP contribution in [0.15, 0.2) is 28.7 Å². The number of rotatable bonds is 2. The maximum Gasteiger partial charge on any atom is 0.308 e. The number of benzene rings is 1. The Hall–Kier alpha value is -1.03. The van der Waals surface area contributed by atoms with Crippen molar-refractivity contribution in [3.63, 3.8) is 0 Å². The minimum atomic E-state index is -0.701. The summed E-state index contributed by atoms with van der Waals surface area (Å²) in [6.45, 7) is 4.76. The smallest absolute Gasteiger partial charge is 0.308 e. The third-order valence-electron chi connectivity index (χ3n) is 3.37. The molecule has 1 aliphatic rings. The first-order valence-corrected chi connectivity index (χ1v) is 6.46. The Labute approximate surface area is 110 Å². The first-order chi connectivity index (χ1) is 7.92. The lowest BCUT2D eigenvalue weighted by atomic mass is 9.96. The van der Waals surface area contributed by atoms with Gasteiger partial charge in [-0.05, 0) is 48.3 Å². The van der Waals surface area contributed by atoms with Crippen molar-refractivity contribution in [2.75, 3.05) is 11.4 Å². The Morgan fingerprint density at radius 1 is 1.47 bits per heavy atom. The predicted octanol–water partition coefficient (Wildman–Crippen LogP) is 3.14. The standard InChI is InChI=1S/C13H16BrNO2/c1-13(2)7-9(12(16)17)8-15(13)11-6-4-3-5-10(11)14/h3-6,9H,7-8H2,1-2H3,(H,16,17). The minimum absolute atomic E-state index is 0.118. The van der Waals surface area contributed by atoms with Crippen LogP contribution in [0.2, 0.25) is 0 Å². The highest BCUT2D eigenvalue weighted by molar-refractivity contribution is 9.10. The molecule has 0 spiro atoms. The second-order valence-corrected chi connectivity index (χ2v) is 5.97. The molecule has 1 heterocycles. The van der Waals surface area contributed by atoms with Crippen LogP contribution in [0.25, 0.3) is 0 Å². The van der Waals surface area contributed by atoms with Gasteiger partial charge in [-0.25, -0.2) is 0 Å². The lowest BCUT2D eigenvalue weighted by Crippen LogP contribution is -2.38. The molecule has 4 heteroatoms. The molecule has 1 unspecified atom stereocenters. The average molecular weight is 298 g/mol. The van der Waals surface area contributed by atoms with Gasteiger partial charge < -0.3 is 10.0 Å². The van der Waals surface area contributed by atoms with Crippen molar-refractivity contribution in [1.82, 2.24) is 0 Å². The summed E-state index contributed by atoms with van der Waals surface area (Å²) in [6, 6.07) is 7.95. The Morgan fingerprint density at radius 3 is 2.65 bits per heavy atom. The van der Waals surface area contributed by atoms with Crippen molar-refractivity contribution in [3.8, 4) is 0 Å². The molecule has 0 bridgehead atoms. The summed E-state index contributed by atoms with van der Waals surface area (Å²) in [5, 5.41) is 9.14. The van der Waals surface area contributed by atoms with Crippen molar-refractivity contribution in [1.29, 1.82) is 0 Å². The van der Waals surface area contributed by atoms with E-state index in [1.54, 1.807) is 0 Å². The summed E-state index contributed by atoms with van der Waals surface area (Å²) in [7, 11) is 0. The number of carbonyl (C=O) groups is 1. The fourth-order valence-electron chi connectivity index (χ4n) is 2.51. The molecule has 1 saturated heterocycles. The summed E-state index contributed by atoms with van der Waals surface area (Å²) < 4.78 is 1.01. The van der Waals surface area contributed by atoms with Gasteiger partial charge in [-0.1, -0.05) is 12.1 Å². The third-order valence-corrected chi connectivity index (χ3v) is 4.04. The van der Waals surface area contributed by atoms with Crippen LogP contribution in [-0.4, -0.2) is 23.2 Å². The Morgan fingerprint density at radius 2 is 2.12 bits per heavy atom. The predicted molar refractivity (Wildman–Crippen MR) is 71.3 cm³/mol. The molecule has 1 aliphatic heterocycles. The van der Waals surface area contributed by atoms with Crippen LogP contribution in [0.1, 0.15) is 20.3 Å². The van der Waals surface area contributed by atoms with E-state index < -0.39 is 5.97 Å². The normalized spacial score (nSPS) is 22.8. The van der Waals surface area contributed by atoms with Gasteiger partial charge in [-0.2, -0.15) is 0 Å². The van der Waals surface area contributed by atoms with E-state index in [1.165, 1.54) is 0 Å². The molecular formula is C13H16BrNO2. The molecule has 0 aromatic heterocycles. The second kappa shape index (κ2) is 4.33. The average Bonchev–Trinajstić information content (AvgIpc) is 2.55. The molecule has 92 valence electrons. The lowest BCUT2D eigenvalue weighted by molar-refractivity contribution is -0.141. The Kier molecular flexibility index (Phi) is 3.17. The van der Waals surface area contributed by atoms with Crippen molar-refractivity contribution in [2.45, 2.75) is 25.8 Å². The number of para-hydroxylation sites is 1. The highest BCUT2D eigenvalue weighted by Crippen LogP contribution is 2.39. The van der Waals surface area contributed by atoms with Crippen molar-refractivity contribution in [3.05, 3.63) is 28.7 Å². The summed E-state index contributed by atoms with van der Waals surface area (Å²) in [5.74, 6) is -0.982. The summed E-state index contributed by atoms with van der Waals surface area (Å²) in [6.07, 6.45) is 0.684. The van der Waals surface area contributed by atoms with Gasteiger partial charge in [0.15, 0.2) is 0 Å².